The Labute approximate surface area is 102 Å². The van der Waals surface area contributed by atoms with Gasteiger partial charge in [0.25, 0.3) is 0 Å². The standard InChI is InChI=1S/C13H20N2O2/c14-7-13-12-4-2-1-3-10(12)5-6-15(13)8-11(17)9-16/h1-4,11,13,16-17H,5-9,14H2. The zero-order chi connectivity index (χ0) is 12.3. The van der Waals surface area contributed by atoms with Crippen LogP contribution in [0.1, 0.15) is 17.2 Å². The molecule has 0 saturated carbocycles. The molecule has 0 aromatic heterocycles. The summed E-state index contributed by atoms with van der Waals surface area (Å²) in [5.74, 6) is 0. The van der Waals surface area contributed by atoms with Gasteiger partial charge in [-0.25, -0.2) is 0 Å². The lowest BCUT2D eigenvalue weighted by Crippen LogP contribution is -2.43. The molecule has 2 unspecified atom stereocenters. The Morgan fingerprint density at radius 3 is 2.88 bits per heavy atom. The molecule has 1 aromatic rings. The Kier molecular flexibility index (Phi) is 4.12. The molecule has 17 heavy (non-hydrogen) atoms. The minimum absolute atomic E-state index is 0.154. The summed E-state index contributed by atoms with van der Waals surface area (Å²) in [5.41, 5.74) is 8.44. The van der Waals surface area contributed by atoms with Crippen LogP contribution in [0.2, 0.25) is 0 Å². The van der Waals surface area contributed by atoms with Crippen molar-refractivity contribution >= 4 is 0 Å². The predicted molar refractivity (Wildman–Crippen MR) is 66.6 cm³/mol. The fourth-order valence-electron chi connectivity index (χ4n) is 2.53. The molecule has 0 aliphatic carbocycles. The van der Waals surface area contributed by atoms with Crippen molar-refractivity contribution in [2.24, 2.45) is 5.73 Å². The van der Waals surface area contributed by atoms with Crippen molar-refractivity contribution in [1.29, 1.82) is 0 Å². The maximum atomic E-state index is 9.54. The summed E-state index contributed by atoms with van der Waals surface area (Å²) in [6, 6.07) is 8.46. The number of nitrogens with zero attached hydrogens (tertiary/aromatic N) is 1. The van der Waals surface area contributed by atoms with Crippen molar-refractivity contribution in [3.05, 3.63) is 35.4 Å². The van der Waals surface area contributed by atoms with Crippen LogP contribution in [0.25, 0.3) is 0 Å². The molecule has 4 heteroatoms. The summed E-state index contributed by atoms with van der Waals surface area (Å²) < 4.78 is 0. The van der Waals surface area contributed by atoms with Gasteiger partial charge in [-0.2, -0.15) is 0 Å². The van der Waals surface area contributed by atoms with E-state index in [2.05, 4.69) is 17.0 Å². The number of hydrogen-bond donors (Lipinski definition) is 3. The summed E-state index contributed by atoms with van der Waals surface area (Å²) >= 11 is 0. The SMILES string of the molecule is NCC1c2ccccc2CCN1CC(O)CO. The number of aliphatic hydroxyl groups excluding tert-OH is 2. The van der Waals surface area contributed by atoms with E-state index in [1.807, 2.05) is 12.1 Å². The van der Waals surface area contributed by atoms with Gasteiger partial charge in [0.05, 0.1) is 12.7 Å². The maximum absolute atomic E-state index is 9.54. The van der Waals surface area contributed by atoms with Gasteiger partial charge in [-0.3, -0.25) is 4.90 Å². The van der Waals surface area contributed by atoms with Crippen molar-refractivity contribution in [1.82, 2.24) is 4.90 Å². The Balaban J connectivity index is 2.17. The van der Waals surface area contributed by atoms with Gasteiger partial charge < -0.3 is 15.9 Å². The van der Waals surface area contributed by atoms with Crippen molar-refractivity contribution in [3.8, 4) is 0 Å². The Morgan fingerprint density at radius 1 is 1.41 bits per heavy atom. The second kappa shape index (κ2) is 5.60. The minimum Gasteiger partial charge on any atom is -0.394 e. The van der Waals surface area contributed by atoms with Crippen LogP contribution in [0.15, 0.2) is 24.3 Å². The number of nitrogens with two attached hydrogens (primary N) is 1. The van der Waals surface area contributed by atoms with Crippen molar-refractivity contribution in [2.45, 2.75) is 18.6 Å². The molecule has 0 bridgehead atoms. The molecule has 2 atom stereocenters. The van der Waals surface area contributed by atoms with E-state index in [-0.39, 0.29) is 12.6 Å². The van der Waals surface area contributed by atoms with Crippen molar-refractivity contribution in [3.63, 3.8) is 0 Å². The molecule has 0 fully saturated rings. The highest BCUT2D eigenvalue weighted by Gasteiger charge is 2.26. The van der Waals surface area contributed by atoms with Gasteiger partial charge in [0.15, 0.2) is 0 Å². The summed E-state index contributed by atoms with van der Waals surface area (Å²) in [5, 5.41) is 18.5. The molecule has 1 aromatic carbocycles. The second-order valence-corrected chi connectivity index (χ2v) is 4.53. The van der Waals surface area contributed by atoms with E-state index in [0.29, 0.717) is 13.1 Å². The van der Waals surface area contributed by atoms with Crippen LogP contribution >= 0.6 is 0 Å². The quantitative estimate of drug-likeness (QED) is 0.682. The normalized spacial score (nSPS) is 22.2. The Morgan fingerprint density at radius 2 is 2.18 bits per heavy atom. The van der Waals surface area contributed by atoms with Gasteiger partial charge in [0.1, 0.15) is 0 Å². The molecule has 0 radical (unpaired) electrons. The third kappa shape index (κ3) is 2.66. The molecular weight excluding hydrogens is 216 g/mol. The Hall–Kier alpha value is -0.940. The average Bonchev–Trinajstić information content (AvgIpc) is 2.38. The van der Waals surface area contributed by atoms with E-state index >= 15 is 0 Å². The van der Waals surface area contributed by atoms with Crippen LogP contribution in [-0.2, 0) is 6.42 Å². The molecule has 0 spiro atoms. The zero-order valence-corrected chi connectivity index (χ0v) is 9.92. The van der Waals surface area contributed by atoms with Crippen LogP contribution in [0.4, 0.5) is 0 Å². The van der Waals surface area contributed by atoms with Gasteiger partial charge in [-0.1, -0.05) is 24.3 Å². The predicted octanol–water partition coefficient (Wildman–Crippen LogP) is -0.102. The molecule has 94 valence electrons. The summed E-state index contributed by atoms with van der Waals surface area (Å²) in [7, 11) is 0. The smallest absolute Gasteiger partial charge is 0.0897 e. The maximum Gasteiger partial charge on any atom is 0.0897 e. The van der Waals surface area contributed by atoms with Crippen molar-refractivity contribution < 1.29 is 10.2 Å². The van der Waals surface area contributed by atoms with Gasteiger partial charge in [0, 0.05) is 25.7 Å². The molecule has 1 heterocycles. The average molecular weight is 236 g/mol. The van der Waals surface area contributed by atoms with Crippen LogP contribution in [0.5, 0.6) is 0 Å². The molecule has 1 aliphatic rings. The molecule has 4 N–H and O–H groups in total. The highest BCUT2D eigenvalue weighted by atomic mass is 16.3. The fraction of sp³-hybridized carbons (Fsp3) is 0.538. The first-order chi connectivity index (χ1) is 8.26. The summed E-state index contributed by atoms with van der Waals surface area (Å²) in [6.45, 7) is 1.70. The van der Waals surface area contributed by atoms with Crippen LogP contribution in [0, 0.1) is 0 Å². The van der Waals surface area contributed by atoms with Crippen molar-refractivity contribution in [2.75, 3.05) is 26.2 Å². The fourth-order valence-corrected chi connectivity index (χ4v) is 2.53. The van der Waals surface area contributed by atoms with Gasteiger partial charge in [-0.05, 0) is 17.5 Å². The third-order valence-corrected chi connectivity index (χ3v) is 3.40. The first kappa shape index (κ1) is 12.5. The van der Waals surface area contributed by atoms with E-state index in [0.717, 1.165) is 13.0 Å². The van der Waals surface area contributed by atoms with E-state index in [1.165, 1.54) is 11.1 Å². The molecular formula is C13H20N2O2. The van der Waals surface area contributed by atoms with Gasteiger partial charge in [0.2, 0.25) is 0 Å². The van der Waals surface area contributed by atoms with Crippen LogP contribution < -0.4 is 5.73 Å². The lowest BCUT2D eigenvalue weighted by molar-refractivity contribution is 0.0425. The lowest BCUT2D eigenvalue weighted by Gasteiger charge is -2.37. The molecule has 1 aliphatic heterocycles. The largest absolute Gasteiger partial charge is 0.394 e. The first-order valence-corrected chi connectivity index (χ1v) is 6.07. The van der Waals surface area contributed by atoms with E-state index in [4.69, 9.17) is 10.8 Å². The Bertz CT molecular complexity index is 370. The van der Waals surface area contributed by atoms with Crippen LogP contribution in [0.3, 0.4) is 0 Å². The minimum atomic E-state index is -0.686. The number of fused-ring (bicyclic) bond motifs is 1. The lowest BCUT2D eigenvalue weighted by atomic mass is 9.92. The second-order valence-electron chi connectivity index (χ2n) is 4.53. The third-order valence-electron chi connectivity index (χ3n) is 3.40. The van der Waals surface area contributed by atoms with E-state index in [9.17, 15) is 5.11 Å². The molecule has 0 saturated heterocycles. The van der Waals surface area contributed by atoms with Crippen LogP contribution in [-0.4, -0.2) is 47.5 Å². The number of rotatable bonds is 4. The molecule has 0 amide bonds. The number of benzene rings is 1. The van der Waals surface area contributed by atoms with Gasteiger partial charge in [-0.15, -0.1) is 0 Å². The number of hydrogen-bond acceptors (Lipinski definition) is 4. The van der Waals surface area contributed by atoms with E-state index in [1.54, 1.807) is 0 Å². The highest BCUT2D eigenvalue weighted by molar-refractivity contribution is 5.32. The highest BCUT2D eigenvalue weighted by Crippen LogP contribution is 2.28. The monoisotopic (exact) mass is 236 g/mol. The topological polar surface area (TPSA) is 69.7 Å². The number of β-amino-alcohol motifs (C(OH)–C–C–N with tert-alkyl or cyclic N) is 1. The summed E-state index contributed by atoms with van der Waals surface area (Å²) in [6.07, 6.45) is 0.291. The molecule has 4 nitrogen and oxygen atoms in total. The zero-order valence-electron chi connectivity index (χ0n) is 9.92. The van der Waals surface area contributed by atoms with E-state index < -0.39 is 6.10 Å². The summed E-state index contributed by atoms with van der Waals surface area (Å²) in [4.78, 5) is 2.16. The number of aliphatic hydroxyl groups is 2. The first-order valence-electron chi connectivity index (χ1n) is 6.07. The molecule has 2 rings (SSSR count). The van der Waals surface area contributed by atoms with Gasteiger partial charge >= 0.3 is 0 Å².